The Labute approximate surface area is 297 Å². The molecule has 0 saturated heterocycles. The summed E-state index contributed by atoms with van der Waals surface area (Å²) in [4.78, 5) is 0. The number of hydrogen-bond acceptors (Lipinski definition) is 4. The summed E-state index contributed by atoms with van der Waals surface area (Å²) in [5, 5.41) is 53.9. The van der Waals surface area contributed by atoms with Gasteiger partial charge in [-0.15, -0.1) is 0 Å². The van der Waals surface area contributed by atoms with Crippen molar-refractivity contribution in [1.82, 2.24) is 0 Å². The fraction of sp³-hybridized carbons (Fsp3) is 0.400. The largest absolute Gasteiger partial charge is 0.508 e. The van der Waals surface area contributed by atoms with Crippen LogP contribution in [0.1, 0.15) is 105 Å². The molecule has 1 aliphatic rings. The average molecular weight is 705 g/mol. The van der Waals surface area contributed by atoms with E-state index in [-0.39, 0.29) is 82.7 Å². The van der Waals surface area contributed by atoms with E-state index in [2.05, 4.69) is 132 Å². The van der Waals surface area contributed by atoms with Crippen molar-refractivity contribution in [3.63, 3.8) is 0 Å². The van der Waals surface area contributed by atoms with E-state index in [4.69, 9.17) is 0 Å². The molecule has 5 rings (SSSR count). The molecule has 0 spiro atoms. The molecule has 248 valence electrons. The van der Waals surface area contributed by atoms with Crippen LogP contribution in [0.25, 0.3) is 0 Å². The minimum absolute atomic E-state index is 0.00551. The van der Waals surface area contributed by atoms with Crippen LogP contribution in [0, 0.1) is 0 Å². The van der Waals surface area contributed by atoms with Gasteiger partial charge in [0.15, 0.2) is 0 Å². The topological polar surface area (TPSA) is 80.9 Å². The molecule has 0 atom stereocenters. The molecule has 0 saturated carbocycles. The number of benzene rings is 4. The molecule has 0 aromatic heterocycles. The quantitative estimate of drug-likeness (QED) is 0.187. The predicted molar refractivity (Wildman–Crippen MR) is 207 cm³/mol. The van der Waals surface area contributed by atoms with E-state index in [9.17, 15) is 20.4 Å². The van der Waals surface area contributed by atoms with E-state index in [0.717, 1.165) is 63.7 Å². The fourth-order valence-corrected chi connectivity index (χ4v) is 11.1. The Kier molecular flexibility index (Phi) is 9.34. The summed E-state index contributed by atoms with van der Waals surface area (Å²) in [6, 6.07) is 16.7. The van der Waals surface area contributed by atoms with Crippen molar-refractivity contribution in [2.75, 3.05) is 0 Å². The summed E-state index contributed by atoms with van der Waals surface area (Å²) < 4.78 is 0. The van der Waals surface area contributed by atoms with Crippen LogP contribution in [0.2, 0.25) is 0 Å². The summed E-state index contributed by atoms with van der Waals surface area (Å²) in [7, 11) is 0.0220. The summed E-state index contributed by atoms with van der Waals surface area (Å²) >= 11 is 0. The van der Waals surface area contributed by atoms with Crippen LogP contribution in [-0.4, -0.2) is 58.5 Å². The maximum absolute atomic E-state index is 11.9. The second-order valence-corrected chi connectivity index (χ2v) is 22.5. The second kappa shape index (κ2) is 12.4. The standard InChI is InChI=1S/C40H48O4Si4/c1-37(2,3)21-13-25-33(41)26(14-21)46-28-16-23(39(7,8)9)18-30(35(28)43)48-32-20-24(40(10,11)12)19-31(36(32)44)47-29-17-22(38(4,5)6)15-27(45-25)34(29)42/h13-20,41-44H,1-12H3. The van der Waals surface area contributed by atoms with E-state index in [0.29, 0.717) is 0 Å². The van der Waals surface area contributed by atoms with E-state index >= 15 is 0 Å². The molecule has 4 aromatic carbocycles. The molecular weight excluding hydrogens is 657 g/mol. The average Bonchev–Trinajstić information content (AvgIpc) is 2.93. The molecule has 4 aromatic rings. The Morgan fingerprint density at radius 2 is 0.417 bits per heavy atom. The smallest absolute Gasteiger partial charge is 0.131 e. The van der Waals surface area contributed by atoms with Gasteiger partial charge in [-0.1, -0.05) is 132 Å². The molecule has 4 nitrogen and oxygen atoms in total. The molecule has 0 aliphatic carbocycles. The van der Waals surface area contributed by atoms with Gasteiger partial charge in [-0.3, -0.25) is 0 Å². The number of phenols is 4. The molecule has 0 fully saturated rings. The Hall–Kier alpha value is -3.05. The third-order valence-electron chi connectivity index (χ3n) is 8.98. The molecule has 0 unspecified atom stereocenters. The molecular formula is C40H48O4Si4. The molecule has 4 N–H and O–H groups in total. The van der Waals surface area contributed by atoms with Gasteiger partial charge in [-0.2, -0.15) is 0 Å². The van der Waals surface area contributed by atoms with Gasteiger partial charge in [0.1, 0.15) is 61.1 Å². The lowest BCUT2D eigenvalue weighted by Gasteiger charge is -2.26. The molecule has 8 radical (unpaired) electrons. The highest BCUT2D eigenvalue weighted by Crippen LogP contribution is 2.27. The van der Waals surface area contributed by atoms with Crippen LogP contribution < -0.4 is 41.5 Å². The fourth-order valence-electron chi connectivity index (χ4n) is 5.61. The Bertz CT molecular complexity index is 1530. The highest BCUT2D eigenvalue weighted by molar-refractivity contribution is 6.77. The number of fused-ring (bicyclic) bond motifs is 8. The summed E-state index contributed by atoms with van der Waals surface area (Å²) in [5.41, 5.74) is 3.69. The lowest BCUT2D eigenvalue weighted by Crippen LogP contribution is -2.42. The van der Waals surface area contributed by atoms with Gasteiger partial charge in [0.2, 0.25) is 0 Å². The van der Waals surface area contributed by atoms with Crippen molar-refractivity contribution in [2.24, 2.45) is 0 Å². The highest BCUT2D eigenvalue weighted by Gasteiger charge is 2.28. The van der Waals surface area contributed by atoms with Crippen LogP contribution in [0.5, 0.6) is 23.0 Å². The van der Waals surface area contributed by atoms with Gasteiger partial charge in [0.05, 0.1) is 0 Å². The van der Waals surface area contributed by atoms with Crippen LogP contribution in [0.4, 0.5) is 0 Å². The summed E-state index contributed by atoms with van der Waals surface area (Å²) in [6.07, 6.45) is 0. The third kappa shape index (κ3) is 7.42. The molecule has 48 heavy (non-hydrogen) atoms. The SMILES string of the molecule is CC(C)(C)c1cc2c(O)c(c1)[Si]c1cc(C(C)(C)C)cc(c1O)[Si]c1cc(C(C)(C)C)cc(c1O)[Si]c1cc(C(C)(C)C)cc(c1O)[Si]2. The van der Waals surface area contributed by atoms with Gasteiger partial charge in [0.25, 0.3) is 0 Å². The first kappa shape index (κ1) is 36.2. The first-order chi connectivity index (χ1) is 21.9. The van der Waals surface area contributed by atoms with Gasteiger partial charge < -0.3 is 20.4 Å². The van der Waals surface area contributed by atoms with E-state index in [1.54, 1.807) is 0 Å². The minimum atomic E-state index is -0.179. The minimum Gasteiger partial charge on any atom is -0.508 e. The van der Waals surface area contributed by atoms with Crippen molar-refractivity contribution in [1.29, 1.82) is 0 Å². The van der Waals surface area contributed by atoms with Crippen molar-refractivity contribution >= 4 is 79.6 Å². The number of hydrogen-bond donors (Lipinski definition) is 4. The predicted octanol–water partition coefficient (Wildman–Crippen LogP) is 2.63. The van der Waals surface area contributed by atoms with Crippen molar-refractivity contribution in [3.05, 3.63) is 70.8 Å². The molecule has 8 bridgehead atoms. The van der Waals surface area contributed by atoms with Crippen LogP contribution >= 0.6 is 0 Å². The zero-order chi connectivity index (χ0) is 35.7. The van der Waals surface area contributed by atoms with E-state index in [1.165, 1.54) is 0 Å². The number of rotatable bonds is 0. The highest BCUT2D eigenvalue weighted by atomic mass is 28.2. The zero-order valence-electron chi connectivity index (χ0n) is 30.4. The van der Waals surface area contributed by atoms with Gasteiger partial charge in [0, 0.05) is 0 Å². The monoisotopic (exact) mass is 704 g/mol. The number of aromatic hydroxyl groups is 4. The van der Waals surface area contributed by atoms with Gasteiger partial charge >= 0.3 is 0 Å². The maximum Gasteiger partial charge on any atom is 0.131 e. The Morgan fingerprint density at radius 1 is 0.292 bits per heavy atom. The van der Waals surface area contributed by atoms with E-state index < -0.39 is 0 Å². The van der Waals surface area contributed by atoms with Crippen molar-refractivity contribution in [3.8, 4) is 23.0 Å². The first-order valence-corrected chi connectivity index (χ1v) is 20.5. The van der Waals surface area contributed by atoms with Crippen LogP contribution in [0.15, 0.2) is 48.5 Å². The second-order valence-electron chi connectivity index (χ2n) is 17.2. The van der Waals surface area contributed by atoms with Gasteiger partial charge in [-0.25, -0.2) is 0 Å². The molecule has 1 aliphatic heterocycles. The normalized spacial score (nSPS) is 14.2. The Balaban J connectivity index is 1.89. The third-order valence-corrected chi connectivity index (χ3v) is 14.2. The first-order valence-electron chi connectivity index (χ1n) is 16.5. The lowest BCUT2D eigenvalue weighted by molar-refractivity contribution is 0.481. The van der Waals surface area contributed by atoms with Crippen molar-refractivity contribution < 1.29 is 20.4 Å². The lowest BCUT2D eigenvalue weighted by atomic mass is 9.87. The molecule has 1 heterocycles. The van der Waals surface area contributed by atoms with Crippen LogP contribution in [-0.2, 0) is 21.7 Å². The summed E-state index contributed by atoms with van der Waals surface area (Å²) in [5.74, 6) is 0.884. The van der Waals surface area contributed by atoms with Crippen molar-refractivity contribution in [2.45, 2.75) is 105 Å². The number of phenolic OH excluding ortho intramolecular Hbond substituents is 4. The molecule has 8 heteroatoms. The summed E-state index contributed by atoms with van der Waals surface area (Å²) in [6.45, 7) is 26.1. The maximum atomic E-state index is 11.9. The molecule has 0 amide bonds. The van der Waals surface area contributed by atoms with Crippen LogP contribution in [0.3, 0.4) is 0 Å². The van der Waals surface area contributed by atoms with Gasteiger partial charge in [-0.05, 0) is 85.4 Å². The zero-order valence-corrected chi connectivity index (χ0v) is 34.4. The van der Waals surface area contributed by atoms with E-state index in [1.807, 2.05) is 0 Å². The Morgan fingerprint density at radius 3 is 0.521 bits per heavy atom.